The predicted octanol–water partition coefficient (Wildman–Crippen LogP) is 11.3. The Balaban J connectivity index is 1.58. The quantitative estimate of drug-likeness (QED) is 0.159. The lowest BCUT2D eigenvalue weighted by Crippen LogP contribution is -1.96. The molecule has 8 aromatic rings. The van der Waals surface area contributed by atoms with Gasteiger partial charge < -0.3 is 0 Å². The molecule has 0 N–H and O–H groups in total. The van der Waals surface area contributed by atoms with Gasteiger partial charge in [0.25, 0.3) is 0 Å². The molecule has 8 rings (SSSR count). The lowest BCUT2D eigenvalue weighted by molar-refractivity contribution is 1.45. The van der Waals surface area contributed by atoms with Gasteiger partial charge in [-0.15, -0.1) is 0 Å². The molecule has 2 nitrogen and oxygen atoms in total. The first-order valence-electron chi connectivity index (χ1n) is 14.7. The van der Waals surface area contributed by atoms with Crippen LogP contribution in [0.2, 0.25) is 0 Å². The van der Waals surface area contributed by atoms with Crippen LogP contribution in [0, 0.1) is 11.3 Å². The molecule has 0 fully saturated rings. The summed E-state index contributed by atoms with van der Waals surface area (Å²) in [6.07, 6.45) is 3.85. The lowest BCUT2D eigenvalue weighted by Gasteiger charge is -2.20. The van der Waals surface area contributed by atoms with E-state index in [4.69, 9.17) is 4.98 Å². The maximum atomic E-state index is 9.43. The second-order valence-corrected chi connectivity index (χ2v) is 11.1. The Morgan fingerprint density at radius 3 is 1.75 bits per heavy atom. The average Bonchev–Trinajstić information content (AvgIpc) is 3.09. The molecular formula is C42H26N2. The van der Waals surface area contributed by atoms with Crippen LogP contribution in [0.5, 0.6) is 0 Å². The van der Waals surface area contributed by atoms with Crippen LogP contribution in [0.1, 0.15) is 16.7 Å². The normalized spacial score (nSPS) is 11.3. The van der Waals surface area contributed by atoms with E-state index < -0.39 is 0 Å². The Hall–Kier alpha value is -6.04. The molecule has 204 valence electrons. The van der Waals surface area contributed by atoms with Crippen molar-refractivity contribution in [3.63, 3.8) is 0 Å². The first-order valence-corrected chi connectivity index (χ1v) is 14.7. The molecule has 1 heterocycles. The van der Waals surface area contributed by atoms with Crippen LogP contribution in [0.15, 0.2) is 134 Å². The topological polar surface area (TPSA) is 36.7 Å². The summed E-state index contributed by atoms with van der Waals surface area (Å²) >= 11 is 0. The van der Waals surface area contributed by atoms with Gasteiger partial charge >= 0.3 is 0 Å². The molecule has 0 radical (unpaired) electrons. The Kier molecular flexibility index (Phi) is 5.86. The van der Waals surface area contributed by atoms with E-state index in [9.17, 15) is 5.26 Å². The minimum atomic E-state index is 0.648. The SMILES string of the molecule is C=Cc1ccc2c(-c3c4ccccc4c(-c4ccc(C#N)cc4)c4ccccc34)nc3cc4ccccc4cc3c2c1C=C. The number of hydrogen-bond acceptors (Lipinski definition) is 2. The van der Waals surface area contributed by atoms with Gasteiger partial charge in [-0.25, -0.2) is 4.98 Å². The van der Waals surface area contributed by atoms with E-state index in [-0.39, 0.29) is 0 Å². The standard InChI is InChI=1S/C42H26N2/c1-3-27-21-22-36-40(31(27)4-2)37-23-29-11-5-6-12-30(29)24-38(37)44-42(36)41-34-15-9-7-13-32(34)39(33-14-8-10-16-35(33)41)28-19-17-26(25-43)18-20-28/h3-24H,1-2H2. The second kappa shape index (κ2) is 10.1. The third-order valence-corrected chi connectivity index (χ3v) is 8.79. The number of nitrogens with zero attached hydrogens (tertiary/aromatic N) is 2. The Morgan fingerprint density at radius 2 is 1.16 bits per heavy atom. The maximum Gasteiger partial charge on any atom is 0.0991 e. The van der Waals surface area contributed by atoms with Crippen molar-refractivity contribution in [2.75, 3.05) is 0 Å². The van der Waals surface area contributed by atoms with Gasteiger partial charge in [0, 0.05) is 21.7 Å². The molecular weight excluding hydrogens is 532 g/mol. The summed E-state index contributed by atoms with van der Waals surface area (Å²) in [6, 6.07) is 44.6. The fraction of sp³-hybridized carbons (Fsp3) is 0. The molecule has 0 aliphatic carbocycles. The predicted molar refractivity (Wildman–Crippen MR) is 188 cm³/mol. The molecule has 0 aliphatic heterocycles. The highest BCUT2D eigenvalue weighted by atomic mass is 14.7. The van der Waals surface area contributed by atoms with Gasteiger partial charge in [-0.05, 0) is 78.8 Å². The van der Waals surface area contributed by atoms with Crippen molar-refractivity contribution in [1.82, 2.24) is 4.98 Å². The Morgan fingerprint density at radius 1 is 0.568 bits per heavy atom. The first-order chi connectivity index (χ1) is 21.7. The van der Waals surface area contributed by atoms with E-state index in [2.05, 4.69) is 116 Å². The van der Waals surface area contributed by atoms with E-state index in [0.29, 0.717) is 5.56 Å². The lowest BCUT2D eigenvalue weighted by atomic mass is 9.85. The Bertz CT molecular complexity index is 2470. The number of pyridine rings is 1. The van der Waals surface area contributed by atoms with Crippen molar-refractivity contribution in [2.45, 2.75) is 0 Å². The molecule has 1 aromatic heterocycles. The number of nitriles is 1. The zero-order valence-corrected chi connectivity index (χ0v) is 24.0. The van der Waals surface area contributed by atoms with E-state index in [1.165, 1.54) is 5.39 Å². The van der Waals surface area contributed by atoms with Gasteiger partial charge in [-0.2, -0.15) is 5.26 Å². The molecule has 0 atom stereocenters. The molecule has 0 aliphatic rings. The van der Waals surface area contributed by atoms with Crippen LogP contribution in [-0.4, -0.2) is 4.98 Å². The summed E-state index contributed by atoms with van der Waals surface area (Å²) in [5.41, 5.74) is 7.98. The molecule has 0 spiro atoms. The minimum Gasteiger partial charge on any atom is -0.247 e. The average molecular weight is 559 g/mol. The van der Waals surface area contributed by atoms with Gasteiger partial charge in [-0.3, -0.25) is 0 Å². The summed E-state index contributed by atoms with van der Waals surface area (Å²) in [4.78, 5) is 5.48. The molecule has 0 amide bonds. The molecule has 2 heteroatoms. The maximum absolute atomic E-state index is 9.43. The summed E-state index contributed by atoms with van der Waals surface area (Å²) in [5, 5.41) is 19.6. The van der Waals surface area contributed by atoms with Gasteiger partial charge in [0.1, 0.15) is 0 Å². The highest BCUT2D eigenvalue weighted by Crippen LogP contribution is 2.46. The summed E-state index contributed by atoms with van der Waals surface area (Å²) in [7, 11) is 0. The smallest absolute Gasteiger partial charge is 0.0991 e. The van der Waals surface area contributed by atoms with Crippen molar-refractivity contribution >= 4 is 66.1 Å². The van der Waals surface area contributed by atoms with Crippen molar-refractivity contribution in [1.29, 1.82) is 5.26 Å². The van der Waals surface area contributed by atoms with Crippen LogP contribution >= 0.6 is 0 Å². The highest BCUT2D eigenvalue weighted by molar-refractivity contribution is 6.26. The third kappa shape index (κ3) is 3.77. The fourth-order valence-corrected chi connectivity index (χ4v) is 6.82. The van der Waals surface area contributed by atoms with Gasteiger partial charge in [0.15, 0.2) is 0 Å². The van der Waals surface area contributed by atoms with E-state index in [0.717, 1.165) is 82.1 Å². The largest absolute Gasteiger partial charge is 0.247 e. The zero-order chi connectivity index (χ0) is 29.8. The van der Waals surface area contributed by atoms with E-state index >= 15 is 0 Å². The molecule has 44 heavy (non-hydrogen) atoms. The van der Waals surface area contributed by atoms with Crippen molar-refractivity contribution in [3.05, 3.63) is 151 Å². The number of hydrogen-bond donors (Lipinski definition) is 0. The van der Waals surface area contributed by atoms with Crippen molar-refractivity contribution < 1.29 is 0 Å². The first kappa shape index (κ1) is 25.7. The van der Waals surface area contributed by atoms with E-state index in [1.807, 2.05) is 36.4 Å². The van der Waals surface area contributed by atoms with Crippen LogP contribution in [0.25, 0.3) is 88.5 Å². The molecule has 7 aromatic carbocycles. The van der Waals surface area contributed by atoms with Crippen LogP contribution in [0.3, 0.4) is 0 Å². The third-order valence-electron chi connectivity index (χ3n) is 8.79. The fourth-order valence-electron chi connectivity index (χ4n) is 6.82. The van der Waals surface area contributed by atoms with Gasteiger partial charge in [0.2, 0.25) is 0 Å². The summed E-state index contributed by atoms with van der Waals surface area (Å²) in [6.45, 7) is 8.34. The molecule has 0 unspecified atom stereocenters. The van der Waals surface area contributed by atoms with Crippen LogP contribution < -0.4 is 0 Å². The summed E-state index contributed by atoms with van der Waals surface area (Å²) in [5.74, 6) is 0. The van der Waals surface area contributed by atoms with Crippen molar-refractivity contribution in [3.8, 4) is 28.5 Å². The van der Waals surface area contributed by atoms with Crippen LogP contribution in [-0.2, 0) is 0 Å². The zero-order valence-electron chi connectivity index (χ0n) is 24.0. The van der Waals surface area contributed by atoms with Gasteiger partial charge in [0.05, 0.1) is 22.8 Å². The number of aromatic nitrogens is 1. The van der Waals surface area contributed by atoms with Crippen molar-refractivity contribution in [2.24, 2.45) is 0 Å². The number of benzene rings is 7. The molecule has 0 saturated carbocycles. The molecule has 0 saturated heterocycles. The van der Waals surface area contributed by atoms with Gasteiger partial charge in [-0.1, -0.05) is 122 Å². The molecule has 0 bridgehead atoms. The van der Waals surface area contributed by atoms with E-state index in [1.54, 1.807) is 0 Å². The Labute approximate surface area is 255 Å². The number of fused-ring (bicyclic) bond motifs is 6. The number of rotatable bonds is 4. The summed E-state index contributed by atoms with van der Waals surface area (Å²) < 4.78 is 0. The second-order valence-electron chi connectivity index (χ2n) is 11.1. The highest BCUT2D eigenvalue weighted by Gasteiger charge is 2.21. The minimum absolute atomic E-state index is 0.648. The monoisotopic (exact) mass is 558 g/mol. The van der Waals surface area contributed by atoms with Crippen LogP contribution in [0.4, 0.5) is 0 Å².